The van der Waals surface area contributed by atoms with Crippen LogP contribution in [0.25, 0.3) is 28.3 Å². The minimum atomic E-state index is -0.491. The number of imidazole rings is 1. The zero-order valence-corrected chi connectivity index (χ0v) is 19.5. The summed E-state index contributed by atoms with van der Waals surface area (Å²) in [6.45, 7) is 6.04. The number of hydrogen-bond donors (Lipinski definition) is 0. The normalized spacial score (nSPS) is 10.9. The number of rotatable bonds is 5. The molecule has 0 radical (unpaired) electrons. The second-order valence-electron chi connectivity index (χ2n) is 7.50. The van der Waals surface area contributed by atoms with Gasteiger partial charge in [-0.1, -0.05) is 71.2 Å². The fourth-order valence-electron chi connectivity index (χ4n) is 3.62. The van der Waals surface area contributed by atoms with Crippen LogP contribution in [0.15, 0.2) is 66.7 Å². The van der Waals surface area contributed by atoms with E-state index in [1.54, 1.807) is 13.0 Å². The molecule has 1 aromatic heterocycles. The van der Waals surface area contributed by atoms with Gasteiger partial charge in [-0.25, -0.2) is 9.78 Å². The third-order valence-corrected chi connectivity index (χ3v) is 5.64. The monoisotopic (exact) mass is 464 g/mol. The summed E-state index contributed by atoms with van der Waals surface area (Å²) in [6.07, 6.45) is 0. The maximum atomic E-state index is 13.0. The quantitative estimate of drug-likeness (QED) is 0.290. The standard InChI is InChI=1S/C26H22Cl2N2O2/c1-4-32-26(31)23-24(19-6-5-7-20(27)14-19)30(22-15-21(28)13-10-17(22)3)25(29-23)18-11-8-16(2)9-12-18/h5-15H,4H2,1-3H3. The second-order valence-corrected chi connectivity index (χ2v) is 8.37. The van der Waals surface area contributed by atoms with Crippen LogP contribution in [-0.4, -0.2) is 22.1 Å². The largest absolute Gasteiger partial charge is 0.461 e. The first kappa shape index (κ1) is 22.1. The van der Waals surface area contributed by atoms with E-state index in [9.17, 15) is 4.79 Å². The van der Waals surface area contributed by atoms with Gasteiger partial charge >= 0.3 is 5.97 Å². The molecule has 6 heteroatoms. The highest BCUT2D eigenvalue weighted by molar-refractivity contribution is 6.31. The van der Waals surface area contributed by atoms with Crippen molar-refractivity contribution >= 4 is 29.2 Å². The number of aryl methyl sites for hydroxylation is 2. The van der Waals surface area contributed by atoms with E-state index in [0.29, 0.717) is 21.6 Å². The molecule has 0 atom stereocenters. The number of carbonyl (C=O) groups is 1. The molecule has 4 nitrogen and oxygen atoms in total. The SMILES string of the molecule is CCOC(=O)c1nc(-c2ccc(C)cc2)n(-c2cc(Cl)ccc2C)c1-c1cccc(Cl)c1. The summed E-state index contributed by atoms with van der Waals surface area (Å²) >= 11 is 12.7. The lowest BCUT2D eigenvalue weighted by atomic mass is 10.1. The van der Waals surface area contributed by atoms with Crippen molar-refractivity contribution in [1.82, 2.24) is 9.55 Å². The highest BCUT2D eigenvalue weighted by Gasteiger charge is 2.27. The van der Waals surface area contributed by atoms with Crippen LogP contribution in [-0.2, 0) is 4.74 Å². The van der Waals surface area contributed by atoms with E-state index >= 15 is 0 Å². The predicted octanol–water partition coefficient (Wildman–Crippen LogP) is 7.31. The molecule has 4 aromatic rings. The summed E-state index contributed by atoms with van der Waals surface area (Å²) in [5.74, 6) is 0.127. The Morgan fingerprint density at radius 2 is 1.66 bits per heavy atom. The molecule has 0 unspecified atom stereocenters. The second kappa shape index (κ2) is 9.19. The van der Waals surface area contributed by atoms with Crippen LogP contribution >= 0.6 is 23.2 Å². The zero-order chi connectivity index (χ0) is 22.8. The molecule has 0 spiro atoms. The number of hydrogen-bond acceptors (Lipinski definition) is 3. The van der Waals surface area contributed by atoms with Gasteiger partial charge in [-0.3, -0.25) is 4.57 Å². The van der Waals surface area contributed by atoms with E-state index in [0.717, 1.165) is 27.9 Å². The first-order valence-electron chi connectivity index (χ1n) is 10.3. The minimum absolute atomic E-state index is 0.226. The third-order valence-electron chi connectivity index (χ3n) is 5.17. The van der Waals surface area contributed by atoms with Gasteiger partial charge in [0.05, 0.1) is 18.0 Å². The molecule has 32 heavy (non-hydrogen) atoms. The zero-order valence-electron chi connectivity index (χ0n) is 18.0. The van der Waals surface area contributed by atoms with E-state index in [4.69, 9.17) is 32.9 Å². The van der Waals surface area contributed by atoms with Crippen molar-refractivity contribution in [2.45, 2.75) is 20.8 Å². The summed E-state index contributed by atoms with van der Waals surface area (Å²) in [6, 6.07) is 21.0. The van der Waals surface area contributed by atoms with Crippen LogP contribution < -0.4 is 0 Å². The summed E-state index contributed by atoms with van der Waals surface area (Å²) in [7, 11) is 0. The van der Waals surface area contributed by atoms with Gasteiger partial charge in [0, 0.05) is 21.2 Å². The van der Waals surface area contributed by atoms with E-state index in [1.807, 2.05) is 79.1 Å². The van der Waals surface area contributed by atoms with Crippen LogP contribution in [0.5, 0.6) is 0 Å². The van der Waals surface area contributed by atoms with Crippen molar-refractivity contribution in [1.29, 1.82) is 0 Å². The molecule has 0 bridgehead atoms. The van der Waals surface area contributed by atoms with Crippen molar-refractivity contribution in [3.8, 4) is 28.3 Å². The van der Waals surface area contributed by atoms with Gasteiger partial charge in [0.2, 0.25) is 0 Å². The topological polar surface area (TPSA) is 44.1 Å². The average molecular weight is 465 g/mol. The summed E-state index contributed by atoms with van der Waals surface area (Å²) in [4.78, 5) is 17.8. The molecule has 0 saturated carbocycles. The van der Waals surface area contributed by atoms with Crippen molar-refractivity contribution in [2.75, 3.05) is 6.61 Å². The van der Waals surface area contributed by atoms with Gasteiger partial charge in [-0.05, 0) is 50.6 Å². The highest BCUT2D eigenvalue weighted by atomic mass is 35.5. The average Bonchev–Trinajstić information content (AvgIpc) is 3.16. The summed E-state index contributed by atoms with van der Waals surface area (Å²) in [5, 5.41) is 1.15. The Labute approximate surface area is 197 Å². The van der Waals surface area contributed by atoms with Crippen molar-refractivity contribution in [2.24, 2.45) is 0 Å². The first-order valence-corrected chi connectivity index (χ1v) is 11.0. The maximum Gasteiger partial charge on any atom is 0.359 e. The number of esters is 1. The third kappa shape index (κ3) is 4.29. The highest BCUT2D eigenvalue weighted by Crippen LogP contribution is 2.36. The Hall–Kier alpha value is -3.08. The summed E-state index contributed by atoms with van der Waals surface area (Å²) in [5.41, 5.74) is 5.40. The van der Waals surface area contributed by atoms with Crippen LogP contribution in [0.1, 0.15) is 28.5 Å². The smallest absolute Gasteiger partial charge is 0.359 e. The minimum Gasteiger partial charge on any atom is -0.461 e. The number of benzene rings is 3. The molecule has 0 saturated heterocycles. The van der Waals surface area contributed by atoms with Gasteiger partial charge in [-0.2, -0.15) is 0 Å². The molecule has 0 aliphatic carbocycles. The molecule has 4 rings (SSSR count). The maximum absolute atomic E-state index is 13.0. The number of halogens is 2. The first-order chi connectivity index (χ1) is 15.4. The molecule has 0 aliphatic heterocycles. The van der Waals surface area contributed by atoms with E-state index in [1.165, 1.54) is 0 Å². The number of nitrogens with zero attached hydrogens (tertiary/aromatic N) is 2. The molecule has 0 amide bonds. The number of ether oxygens (including phenoxy) is 1. The molecule has 0 fully saturated rings. The molecule has 0 aliphatic rings. The Morgan fingerprint density at radius 3 is 2.34 bits per heavy atom. The fourth-order valence-corrected chi connectivity index (χ4v) is 3.97. The fraction of sp³-hybridized carbons (Fsp3) is 0.154. The Bertz CT molecular complexity index is 1290. The molecule has 3 aromatic carbocycles. The molecular formula is C26H22Cl2N2O2. The van der Waals surface area contributed by atoms with E-state index in [-0.39, 0.29) is 12.3 Å². The molecule has 1 heterocycles. The van der Waals surface area contributed by atoms with E-state index in [2.05, 4.69) is 0 Å². The van der Waals surface area contributed by atoms with E-state index < -0.39 is 5.97 Å². The lowest BCUT2D eigenvalue weighted by molar-refractivity contribution is 0.0521. The van der Waals surface area contributed by atoms with Crippen molar-refractivity contribution < 1.29 is 9.53 Å². The van der Waals surface area contributed by atoms with Gasteiger partial charge in [0.15, 0.2) is 5.69 Å². The number of carbonyl (C=O) groups excluding carboxylic acids is 1. The van der Waals surface area contributed by atoms with Crippen LogP contribution in [0.3, 0.4) is 0 Å². The van der Waals surface area contributed by atoms with Crippen molar-refractivity contribution in [3.05, 3.63) is 93.6 Å². The van der Waals surface area contributed by atoms with Gasteiger partial charge < -0.3 is 4.74 Å². The lowest BCUT2D eigenvalue weighted by Gasteiger charge is -2.16. The van der Waals surface area contributed by atoms with Gasteiger partial charge in [0.25, 0.3) is 0 Å². The van der Waals surface area contributed by atoms with Crippen LogP contribution in [0.2, 0.25) is 10.0 Å². The molecule has 162 valence electrons. The van der Waals surface area contributed by atoms with Crippen molar-refractivity contribution in [3.63, 3.8) is 0 Å². The van der Waals surface area contributed by atoms with Crippen LogP contribution in [0, 0.1) is 13.8 Å². The van der Waals surface area contributed by atoms with Gasteiger partial charge in [0.1, 0.15) is 5.82 Å². The molecule has 0 N–H and O–H groups in total. The molecular weight excluding hydrogens is 443 g/mol. The predicted molar refractivity (Wildman–Crippen MR) is 130 cm³/mol. The number of aromatic nitrogens is 2. The lowest BCUT2D eigenvalue weighted by Crippen LogP contribution is -2.08. The Morgan fingerprint density at radius 1 is 0.938 bits per heavy atom. The Balaban J connectivity index is 2.12. The Kier molecular flexibility index (Phi) is 6.35. The van der Waals surface area contributed by atoms with Gasteiger partial charge in [-0.15, -0.1) is 0 Å². The summed E-state index contributed by atoms with van der Waals surface area (Å²) < 4.78 is 7.32. The van der Waals surface area contributed by atoms with Crippen LogP contribution in [0.4, 0.5) is 0 Å².